The number of likely N-dealkylation sites (tertiary alicyclic amines) is 1. The highest BCUT2D eigenvalue weighted by atomic mass is 35.5. The van der Waals surface area contributed by atoms with E-state index < -0.39 is 45.9 Å². The number of hydrogen-bond donors (Lipinski definition) is 5. The molecule has 7 N–H and O–H groups in total. The van der Waals surface area contributed by atoms with Crippen molar-refractivity contribution in [2.24, 2.45) is 16.5 Å². The van der Waals surface area contributed by atoms with E-state index in [4.69, 9.17) is 16.6 Å². The molecule has 1 aliphatic rings. The van der Waals surface area contributed by atoms with Gasteiger partial charge in [0.15, 0.2) is 5.96 Å². The van der Waals surface area contributed by atoms with E-state index in [9.17, 15) is 27.6 Å². The number of carboxylic acid groups (broad SMARTS) is 1. The number of carboxylic acids is 1. The summed E-state index contributed by atoms with van der Waals surface area (Å²) >= 11 is 0. The van der Waals surface area contributed by atoms with Crippen LogP contribution in [0.2, 0.25) is 0 Å². The van der Waals surface area contributed by atoms with E-state index in [1.54, 1.807) is 30.3 Å². The summed E-state index contributed by atoms with van der Waals surface area (Å²) in [6.07, 6.45) is 2.22. The van der Waals surface area contributed by atoms with Gasteiger partial charge in [-0.05, 0) is 61.9 Å². The first-order chi connectivity index (χ1) is 19.5. The van der Waals surface area contributed by atoms with Gasteiger partial charge < -0.3 is 31.6 Å². The number of carbonyl (C=O) groups is 4. The fraction of sp³-hybridized carbons (Fsp3) is 0.370. The van der Waals surface area contributed by atoms with Crippen LogP contribution in [0.3, 0.4) is 0 Å². The second kappa shape index (κ2) is 15.8. The first kappa shape index (κ1) is 34.2. The molecule has 2 aromatic rings. The van der Waals surface area contributed by atoms with Gasteiger partial charge in [-0.1, -0.05) is 30.3 Å². The average Bonchev–Trinajstić information content (AvgIpc) is 3.44. The van der Waals surface area contributed by atoms with Crippen molar-refractivity contribution in [3.05, 3.63) is 65.7 Å². The number of aldehydes is 1. The van der Waals surface area contributed by atoms with Gasteiger partial charge in [-0.25, -0.2) is 13.2 Å². The SMILES string of the molecule is Cl.NC(N)=NCCC[C@@H](C=O)NC(=O)[C@@H]1CCCN1C(=O)[C@@H](Cc1ccccc1)NS(=O)(=O)c1ccc(C(=O)O)cc1. The minimum atomic E-state index is -4.24. The number of nitrogens with one attached hydrogen (secondary N) is 2. The topological polar surface area (TPSA) is 214 Å². The maximum atomic E-state index is 13.8. The number of guanidine groups is 1. The van der Waals surface area contributed by atoms with E-state index in [-0.39, 0.29) is 48.3 Å². The second-order valence-corrected chi connectivity index (χ2v) is 11.3. The van der Waals surface area contributed by atoms with Gasteiger partial charge in [0.05, 0.1) is 16.5 Å². The van der Waals surface area contributed by atoms with Crippen LogP contribution >= 0.6 is 12.4 Å². The third-order valence-corrected chi connectivity index (χ3v) is 8.08. The molecule has 2 aromatic carbocycles. The molecule has 228 valence electrons. The number of amides is 2. The Balaban J connectivity index is 0.00000616. The minimum absolute atomic E-state index is 0. The molecular weight excluding hydrogens is 588 g/mol. The number of rotatable bonds is 14. The van der Waals surface area contributed by atoms with Gasteiger partial charge in [0.2, 0.25) is 21.8 Å². The Kier molecular flexibility index (Phi) is 12.9. The van der Waals surface area contributed by atoms with Crippen molar-refractivity contribution in [1.29, 1.82) is 0 Å². The molecule has 0 unspecified atom stereocenters. The molecule has 0 aliphatic carbocycles. The van der Waals surface area contributed by atoms with Crippen LogP contribution in [0, 0.1) is 0 Å². The van der Waals surface area contributed by atoms with Crippen LogP contribution < -0.4 is 21.5 Å². The Bertz CT molecular complexity index is 1370. The van der Waals surface area contributed by atoms with Crippen molar-refractivity contribution < 1.29 is 32.7 Å². The Morgan fingerprint density at radius 1 is 1.10 bits per heavy atom. The zero-order valence-corrected chi connectivity index (χ0v) is 24.4. The van der Waals surface area contributed by atoms with E-state index in [1.165, 1.54) is 4.90 Å². The van der Waals surface area contributed by atoms with E-state index in [0.29, 0.717) is 37.5 Å². The van der Waals surface area contributed by atoms with Crippen molar-refractivity contribution in [1.82, 2.24) is 14.9 Å². The summed E-state index contributed by atoms with van der Waals surface area (Å²) in [6.45, 7) is 0.518. The summed E-state index contributed by atoms with van der Waals surface area (Å²) in [5, 5.41) is 11.8. The van der Waals surface area contributed by atoms with Gasteiger partial charge in [-0.2, -0.15) is 4.72 Å². The van der Waals surface area contributed by atoms with E-state index in [2.05, 4.69) is 15.0 Å². The number of nitrogens with zero attached hydrogens (tertiary/aromatic N) is 2. The molecule has 1 fully saturated rings. The molecule has 42 heavy (non-hydrogen) atoms. The average molecular weight is 623 g/mol. The lowest BCUT2D eigenvalue weighted by atomic mass is 10.0. The predicted molar refractivity (Wildman–Crippen MR) is 158 cm³/mol. The molecule has 13 nitrogen and oxygen atoms in total. The van der Waals surface area contributed by atoms with Crippen LogP contribution in [0.25, 0.3) is 0 Å². The van der Waals surface area contributed by atoms with Gasteiger partial charge in [0, 0.05) is 13.1 Å². The van der Waals surface area contributed by atoms with Gasteiger partial charge in [-0.15, -0.1) is 12.4 Å². The highest BCUT2D eigenvalue weighted by molar-refractivity contribution is 7.89. The number of aromatic carboxylic acids is 1. The normalized spacial score (nSPS) is 16.0. The number of hydrogen-bond acceptors (Lipinski definition) is 7. The van der Waals surface area contributed by atoms with Crippen molar-refractivity contribution in [3.8, 4) is 0 Å². The smallest absolute Gasteiger partial charge is 0.335 e. The van der Waals surface area contributed by atoms with Crippen molar-refractivity contribution >= 4 is 52.5 Å². The summed E-state index contributed by atoms with van der Waals surface area (Å²) in [4.78, 5) is 54.6. The highest BCUT2D eigenvalue weighted by Gasteiger charge is 2.39. The molecule has 2 amide bonds. The fourth-order valence-electron chi connectivity index (χ4n) is 4.54. The summed E-state index contributed by atoms with van der Waals surface area (Å²) < 4.78 is 28.9. The van der Waals surface area contributed by atoms with Crippen LogP contribution in [0.15, 0.2) is 64.5 Å². The summed E-state index contributed by atoms with van der Waals surface area (Å²) in [5.41, 5.74) is 11.2. The van der Waals surface area contributed by atoms with Crippen molar-refractivity contribution in [2.75, 3.05) is 13.1 Å². The van der Waals surface area contributed by atoms with Crippen molar-refractivity contribution in [3.63, 3.8) is 0 Å². The predicted octanol–water partition coefficient (Wildman–Crippen LogP) is 0.425. The maximum Gasteiger partial charge on any atom is 0.335 e. The maximum absolute atomic E-state index is 13.8. The van der Waals surface area contributed by atoms with Gasteiger partial charge >= 0.3 is 5.97 Å². The number of halogens is 1. The van der Waals surface area contributed by atoms with E-state index in [0.717, 1.165) is 24.3 Å². The molecule has 1 heterocycles. The summed E-state index contributed by atoms with van der Waals surface area (Å²) in [5.74, 6) is -2.38. The Labute approximate surface area is 250 Å². The van der Waals surface area contributed by atoms with Gasteiger partial charge in [0.25, 0.3) is 0 Å². The first-order valence-corrected chi connectivity index (χ1v) is 14.5. The molecule has 3 rings (SSSR count). The number of carbonyl (C=O) groups excluding carboxylic acids is 3. The third kappa shape index (κ3) is 9.53. The summed E-state index contributed by atoms with van der Waals surface area (Å²) in [6, 6.07) is 10.5. The molecule has 1 saturated heterocycles. The monoisotopic (exact) mass is 622 g/mol. The lowest BCUT2D eigenvalue weighted by Gasteiger charge is -2.29. The molecule has 3 atom stereocenters. The van der Waals surface area contributed by atoms with Crippen LogP contribution in [-0.4, -0.2) is 79.7 Å². The van der Waals surface area contributed by atoms with Crippen LogP contribution in [0.4, 0.5) is 0 Å². The standard InChI is InChI=1S/C27H34N6O7S.ClH/c28-27(29)30-14-4-8-20(17-34)31-24(35)23-9-5-15-33(23)25(36)22(16-18-6-2-1-3-7-18)32-41(39,40)21-12-10-19(11-13-21)26(37)38;/h1-3,6-7,10-13,17,20,22-23,32H,4-5,8-9,14-16H2,(H,31,35)(H,37,38)(H4,28,29,30);1H/t20-,22+,23-;/m0./s1. The molecular formula is C27H35ClN6O7S. The van der Waals surface area contributed by atoms with Gasteiger partial charge in [0.1, 0.15) is 18.4 Å². The Morgan fingerprint density at radius 3 is 2.36 bits per heavy atom. The number of nitrogens with two attached hydrogens (primary N) is 2. The summed E-state index contributed by atoms with van der Waals surface area (Å²) in [7, 11) is -4.24. The first-order valence-electron chi connectivity index (χ1n) is 13.0. The number of sulfonamides is 1. The quantitative estimate of drug-likeness (QED) is 0.0853. The fourth-order valence-corrected chi connectivity index (χ4v) is 5.73. The Hall–Kier alpha value is -4.01. The molecule has 0 spiro atoms. The molecule has 15 heteroatoms. The number of benzene rings is 2. The molecule has 0 bridgehead atoms. The molecule has 1 aliphatic heterocycles. The van der Waals surface area contributed by atoms with E-state index in [1.807, 2.05) is 0 Å². The number of aliphatic imine (C=N–C) groups is 1. The third-order valence-electron chi connectivity index (χ3n) is 6.59. The second-order valence-electron chi connectivity index (χ2n) is 9.58. The minimum Gasteiger partial charge on any atom is -0.478 e. The highest BCUT2D eigenvalue weighted by Crippen LogP contribution is 2.21. The lowest BCUT2D eigenvalue weighted by molar-refractivity contribution is -0.140. The molecule has 0 saturated carbocycles. The lowest BCUT2D eigenvalue weighted by Crippen LogP contribution is -2.55. The van der Waals surface area contributed by atoms with Crippen molar-refractivity contribution in [2.45, 2.75) is 55.1 Å². The van der Waals surface area contributed by atoms with Crippen LogP contribution in [0.5, 0.6) is 0 Å². The zero-order chi connectivity index (χ0) is 30.0. The molecule has 0 aromatic heterocycles. The molecule has 0 radical (unpaired) electrons. The van der Waals surface area contributed by atoms with E-state index >= 15 is 0 Å². The van der Waals surface area contributed by atoms with Gasteiger partial charge in [-0.3, -0.25) is 14.6 Å². The largest absolute Gasteiger partial charge is 0.478 e. The van der Waals surface area contributed by atoms with Crippen LogP contribution in [-0.2, 0) is 30.8 Å². The zero-order valence-electron chi connectivity index (χ0n) is 22.7. The van der Waals surface area contributed by atoms with Crippen LogP contribution in [0.1, 0.15) is 41.6 Å². The Morgan fingerprint density at radius 2 is 1.76 bits per heavy atom.